The number of imidazole rings is 1. The van der Waals surface area contributed by atoms with Crippen molar-refractivity contribution < 1.29 is 9.53 Å². The summed E-state index contributed by atoms with van der Waals surface area (Å²) in [5, 5.41) is 7.13. The summed E-state index contributed by atoms with van der Waals surface area (Å²) in [4.78, 5) is 22.6. The van der Waals surface area contributed by atoms with E-state index in [-0.39, 0.29) is 17.9 Å². The normalized spacial score (nSPS) is 20.5. The van der Waals surface area contributed by atoms with Gasteiger partial charge in [-0.1, -0.05) is 0 Å². The molecule has 8 heteroatoms. The number of rotatable bonds is 6. The number of carbonyl (C=O) groups is 1. The number of likely N-dealkylation sites (N-methyl/N-ethyl adjacent to an activating group) is 1. The lowest BCUT2D eigenvalue weighted by atomic mass is 10.0. The van der Waals surface area contributed by atoms with Crippen LogP contribution in [0.3, 0.4) is 0 Å². The van der Waals surface area contributed by atoms with Gasteiger partial charge in [0.2, 0.25) is 5.91 Å². The minimum Gasteiger partial charge on any atom is -0.376 e. The van der Waals surface area contributed by atoms with Gasteiger partial charge in [0.1, 0.15) is 5.82 Å². The minimum atomic E-state index is -0.0501. The molecule has 24 heavy (non-hydrogen) atoms. The summed E-state index contributed by atoms with van der Waals surface area (Å²) < 4.78 is 7.76. The molecule has 8 nitrogen and oxygen atoms in total. The number of hydrogen-bond donors (Lipinski definition) is 1. The van der Waals surface area contributed by atoms with Gasteiger partial charge in [-0.25, -0.2) is 9.97 Å². The fraction of sp³-hybridized carbons (Fsp3) is 0.625. The van der Waals surface area contributed by atoms with Crippen LogP contribution < -0.4 is 0 Å². The van der Waals surface area contributed by atoms with Crippen LogP contribution in [0.15, 0.2) is 12.5 Å². The average Bonchev–Trinajstić information content (AvgIpc) is 3.26. The molecule has 1 fully saturated rings. The Kier molecular flexibility index (Phi) is 4.94. The smallest absolute Gasteiger partial charge is 0.222 e. The van der Waals surface area contributed by atoms with Crippen LogP contribution in [0.4, 0.5) is 0 Å². The lowest BCUT2D eigenvalue weighted by molar-refractivity contribution is -0.131. The van der Waals surface area contributed by atoms with Gasteiger partial charge >= 0.3 is 0 Å². The SMILES string of the molecule is Cc1nc([C@@H]2CCO[C@@H]2CN(C)C(=O)CCc2cncn2C)n[nH]1. The summed E-state index contributed by atoms with van der Waals surface area (Å²) in [6.45, 7) is 3.12. The highest BCUT2D eigenvalue weighted by molar-refractivity contribution is 5.76. The fourth-order valence-corrected chi connectivity index (χ4v) is 3.07. The van der Waals surface area contributed by atoms with Gasteiger partial charge in [-0.2, -0.15) is 5.10 Å². The summed E-state index contributed by atoms with van der Waals surface area (Å²) in [7, 11) is 3.76. The van der Waals surface area contributed by atoms with E-state index in [9.17, 15) is 4.79 Å². The first kappa shape index (κ1) is 16.6. The molecule has 1 aliphatic heterocycles. The number of ether oxygens (including phenoxy) is 1. The van der Waals surface area contributed by atoms with E-state index < -0.39 is 0 Å². The van der Waals surface area contributed by atoms with Crippen LogP contribution in [0.5, 0.6) is 0 Å². The second kappa shape index (κ2) is 7.12. The lowest BCUT2D eigenvalue weighted by Gasteiger charge is -2.23. The molecule has 0 unspecified atom stereocenters. The Bertz CT molecular complexity index is 694. The molecule has 1 saturated heterocycles. The molecule has 0 saturated carbocycles. The second-order valence-electron chi connectivity index (χ2n) is 6.35. The van der Waals surface area contributed by atoms with E-state index in [4.69, 9.17) is 4.74 Å². The molecule has 130 valence electrons. The number of aromatic nitrogens is 5. The van der Waals surface area contributed by atoms with E-state index in [2.05, 4.69) is 20.2 Å². The zero-order valence-corrected chi connectivity index (χ0v) is 14.4. The van der Waals surface area contributed by atoms with Crippen molar-refractivity contribution in [3.63, 3.8) is 0 Å². The van der Waals surface area contributed by atoms with E-state index in [1.165, 1.54) is 0 Å². The molecular weight excluding hydrogens is 308 g/mol. The van der Waals surface area contributed by atoms with Gasteiger partial charge in [0, 0.05) is 45.6 Å². The lowest BCUT2D eigenvalue weighted by Crippen LogP contribution is -2.36. The van der Waals surface area contributed by atoms with E-state index >= 15 is 0 Å². The van der Waals surface area contributed by atoms with Crippen LogP contribution in [-0.2, 0) is 23.0 Å². The maximum absolute atomic E-state index is 12.4. The maximum Gasteiger partial charge on any atom is 0.222 e. The van der Waals surface area contributed by atoms with Crippen molar-refractivity contribution in [3.05, 3.63) is 29.9 Å². The van der Waals surface area contributed by atoms with Crippen molar-refractivity contribution >= 4 is 5.91 Å². The quantitative estimate of drug-likeness (QED) is 0.845. The largest absolute Gasteiger partial charge is 0.376 e. The maximum atomic E-state index is 12.4. The Morgan fingerprint density at radius 3 is 3.04 bits per heavy atom. The molecule has 1 amide bonds. The van der Waals surface area contributed by atoms with E-state index in [0.717, 1.165) is 23.8 Å². The number of aryl methyl sites for hydroxylation is 3. The molecule has 2 atom stereocenters. The third kappa shape index (κ3) is 3.64. The standard InChI is InChI=1S/C16H24N6O2/c1-11-18-16(20-19-11)13-6-7-24-14(13)9-21(2)15(23)5-4-12-8-17-10-22(12)3/h8,10,13-14H,4-7,9H2,1-3H3,(H,18,19,20)/t13-,14-/m1/s1. The van der Waals surface area contributed by atoms with Gasteiger partial charge in [0.15, 0.2) is 5.82 Å². The predicted molar refractivity (Wildman–Crippen MR) is 87.4 cm³/mol. The zero-order chi connectivity index (χ0) is 17.1. The predicted octanol–water partition coefficient (Wildman–Crippen LogP) is 0.810. The minimum absolute atomic E-state index is 0.0501. The molecule has 3 rings (SSSR count). The molecular formula is C16H24N6O2. The molecule has 3 heterocycles. The number of amides is 1. The first-order valence-corrected chi connectivity index (χ1v) is 8.24. The highest BCUT2D eigenvalue weighted by Gasteiger charge is 2.34. The topological polar surface area (TPSA) is 88.9 Å². The number of nitrogens with zero attached hydrogens (tertiary/aromatic N) is 5. The Labute approximate surface area is 141 Å². The van der Waals surface area contributed by atoms with Crippen LogP contribution in [0.25, 0.3) is 0 Å². The number of hydrogen-bond acceptors (Lipinski definition) is 5. The third-order valence-electron chi connectivity index (χ3n) is 4.55. The van der Waals surface area contributed by atoms with Crippen molar-refractivity contribution in [3.8, 4) is 0 Å². The Hall–Kier alpha value is -2.22. The van der Waals surface area contributed by atoms with E-state index in [0.29, 0.717) is 26.0 Å². The molecule has 1 N–H and O–H groups in total. The summed E-state index contributed by atoms with van der Waals surface area (Å²) in [6, 6.07) is 0. The summed E-state index contributed by atoms with van der Waals surface area (Å²) in [5.41, 5.74) is 1.06. The molecule has 2 aromatic rings. The summed E-state index contributed by atoms with van der Waals surface area (Å²) in [5.74, 6) is 1.83. The molecule has 0 aliphatic carbocycles. The zero-order valence-electron chi connectivity index (χ0n) is 14.4. The van der Waals surface area contributed by atoms with Crippen molar-refractivity contribution in [2.45, 2.75) is 38.2 Å². The molecule has 2 aromatic heterocycles. The Balaban J connectivity index is 1.54. The van der Waals surface area contributed by atoms with Crippen molar-refractivity contribution in [2.24, 2.45) is 7.05 Å². The number of aromatic amines is 1. The monoisotopic (exact) mass is 332 g/mol. The van der Waals surface area contributed by atoms with Gasteiger partial charge in [-0.3, -0.25) is 9.89 Å². The van der Waals surface area contributed by atoms with E-state index in [1.54, 1.807) is 17.4 Å². The van der Waals surface area contributed by atoms with Gasteiger partial charge in [0.25, 0.3) is 0 Å². The van der Waals surface area contributed by atoms with Gasteiger partial charge in [-0.05, 0) is 19.8 Å². The van der Waals surface area contributed by atoms with Crippen LogP contribution in [0.1, 0.15) is 36.1 Å². The first-order valence-electron chi connectivity index (χ1n) is 8.24. The number of H-pyrrole nitrogens is 1. The molecule has 0 radical (unpaired) electrons. The van der Waals surface area contributed by atoms with Crippen LogP contribution in [-0.4, -0.2) is 61.8 Å². The highest BCUT2D eigenvalue weighted by Crippen LogP contribution is 2.29. The van der Waals surface area contributed by atoms with Crippen molar-refractivity contribution in [2.75, 3.05) is 20.2 Å². The third-order valence-corrected chi connectivity index (χ3v) is 4.55. The molecule has 0 spiro atoms. The van der Waals surface area contributed by atoms with Crippen molar-refractivity contribution in [1.29, 1.82) is 0 Å². The average molecular weight is 332 g/mol. The van der Waals surface area contributed by atoms with Crippen LogP contribution in [0, 0.1) is 6.92 Å². The highest BCUT2D eigenvalue weighted by atomic mass is 16.5. The van der Waals surface area contributed by atoms with Crippen molar-refractivity contribution in [1.82, 2.24) is 29.6 Å². The molecule has 0 bridgehead atoms. The van der Waals surface area contributed by atoms with E-state index in [1.807, 2.05) is 25.6 Å². The van der Waals surface area contributed by atoms with Crippen LogP contribution in [0.2, 0.25) is 0 Å². The van der Waals surface area contributed by atoms with Gasteiger partial charge in [-0.15, -0.1) is 0 Å². The number of carbonyl (C=O) groups excluding carboxylic acids is 1. The number of nitrogens with one attached hydrogen (secondary N) is 1. The van der Waals surface area contributed by atoms with Crippen LogP contribution >= 0.6 is 0 Å². The van der Waals surface area contributed by atoms with Gasteiger partial charge < -0.3 is 14.2 Å². The fourth-order valence-electron chi connectivity index (χ4n) is 3.07. The summed E-state index contributed by atoms with van der Waals surface area (Å²) >= 11 is 0. The van der Waals surface area contributed by atoms with Gasteiger partial charge in [0.05, 0.1) is 18.3 Å². The summed E-state index contributed by atoms with van der Waals surface area (Å²) in [6.07, 6.45) is 5.54. The Morgan fingerprint density at radius 1 is 1.54 bits per heavy atom. The molecule has 1 aliphatic rings. The molecule has 0 aromatic carbocycles. The first-order chi connectivity index (χ1) is 11.5. The Morgan fingerprint density at radius 2 is 2.38 bits per heavy atom. The second-order valence-corrected chi connectivity index (χ2v) is 6.35.